The Hall–Kier alpha value is -0.220. The van der Waals surface area contributed by atoms with Gasteiger partial charge in [0.1, 0.15) is 6.04 Å². The van der Waals surface area contributed by atoms with Gasteiger partial charge in [0.2, 0.25) is 0 Å². The van der Waals surface area contributed by atoms with Gasteiger partial charge in [0.25, 0.3) is 0 Å². The first-order chi connectivity index (χ1) is 4.68. The molecule has 0 amide bonds. The van der Waals surface area contributed by atoms with Gasteiger partial charge >= 0.3 is 5.97 Å². The third-order valence-electron chi connectivity index (χ3n) is 0.867. The summed E-state index contributed by atoms with van der Waals surface area (Å²) in [6.45, 7) is 0. The number of hydrogen-bond acceptors (Lipinski definition) is 3. The summed E-state index contributed by atoms with van der Waals surface area (Å²) in [6.07, 6.45) is 4.50. The molecule has 3 N–H and O–H groups in total. The lowest BCUT2D eigenvalue weighted by atomic mass is 10.4. The van der Waals surface area contributed by atoms with E-state index in [9.17, 15) is 4.79 Å². The second kappa shape index (κ2) is 5.56. The summed E-state index contributed by atoms with van der Waals surface area (Å²) in [6, 6.07) is -0.816. The predicted octanol–water partition coefficient (Wildman–Crippen LogP) is 0.498. The molecule has 0 heterocycles. The zero-order valence-electron chi connectivity index (χ0n) is 5.79. The molecule has 10 heavy (non-hydrogen) atoms. The van der Waals surface area contributed by atoms with Gasteiger partial charge in [0.15, 0.2) is 0 Å². The van der Waals surface area contributed by atoms with Gasteiger partial charge in [0.05, 0.1) is 0 Å². The smallest absolute Gasteiger partial charge is 0.321 e. The highest BCUT2D eigenvalue weighted by molar-refractivity contribution is 7.80. The average Bonchev–Trinajstić information content (AvgIpc) is 2.70. The maximum absolute atomic E-state index is 9.76. The Morgan fingerprint density at radius 3 is 2.00 bits per heavy atom. The topological polar surface area (TPSA) is 63.3 Å². The molecule has 1 rings (SSSR count). The maximum atomic E-state index is 9.76. The van der Waals surface area contributed by atoms with Crippen LogP contribution in [0.2, 0.25) is 0 Å². The van der Waals surface area contributed by atoms with Crippen LogP contribution < -0.4 is 5.73 Å². The fourth-order valence-corrected chi connectivity index (χ4v) is 0.234. The van der Waals surface area contributed by atoms with Crippen molar-refractivity contribution in [3.05, 3.63) is 0 Å². The molecular weight excluding hydrogens is 150 g/mol. The number of nitrogens with two attached hydrogens (primary N) is 1. The molecule has 0 aromatic carbocycles. The molecule has 3 nitrogen and oxygen atoms in total. The van der Waals surface area contributed by atoms with Gasteiger partial charge in [-0.2, -0.15) is 12.6 Å². The van der Waals surface area contributed by atoms with Crippen molar-refractivity contribution in [2.24, 2.45) is 5.73 Å². The molecule has 0 aromatic heterocycles. The summed E-state index contributed by atoms with van der Waals surface area (Å²) in [4.78, 5) is 9.76. The van der Waals surface area contributed by atoms with Crippen molar-refractivity contribution in [2.75, 3.05) is 5.75 Å². The Labute approximate surface area is 66.0 Å². The minimum absolute atomic E-state index is 0.190. The molecule has 1 aliphatic carbocycles. The molecule has 60 valence electrons. The van der Waals surface area contributed by atoms with Gasteiger partial charge in [0, 0.05) is 5.75 Å². The van der Waals surface area contributed by atoms with E-state index in [4.69, 9.17) is 10.8 Å². The third-order valence-corrected chi connectivity index (χ3v) is 1.26. The largest absolute Gasteiger partial charge is 0.480 e. The Morgan fingerprint density at radius 2 is 2.00 bits per heavy atom. The fourth-order valence-electron chi connectivity index (χ4n) is 0.0781. The monoisotopic (exact) mass is 163 g/mol. The molecule has 0 bridgehead atoms. The zero-order chi connectivity index (χ0) is 7.98. The Morgan fingerprint density at radius 1 is 1.60 bits per heavy atom. The van der Waals surface area contributed by atoms with E-state index < -0.39 is 12.0 Å². The first-order valence-corrected chi connectivity index (χ1v) is 3.91. The van der Waals surface area contributed by atoms with Gasteiger partial charge in [-0.3, -0.25) is 4.79 Å². The molecule has 0 spiro atoms. The van der Waals surface area contributed by atoms with Gasteiger partial charge in [-0.25, -0.2) is 0 Å². The third kappa shape index (κ3) is 7.78. The highest BCUT2D eigenvalue weighted by Gasteiger charge is 2.06. The van der Waals surface area contributed by atoms with Crippen LogP contribution in [-0.2, 0) is 4.79 Å². The van der Waals surface area contributed by atoms with Crippen LogP contribution in [0.3, 0.4) is 0 Å². The Balaban J connectivity index is 0.000000219. The van der Waals surface area contributed by atoms with E-state index >= 15 is 0 Å². The van der Waals surface area contributed by atoms with Crippen molar-refractivity contribution in [1.82, 2.24) is 0 Å². The van der Waals surface area contributed by atoms with E-state index in [-0.39, 0.29) is 5.75 Å². The van der Waals surface area contributed by atoms with Crippen LogP contribution in [-0.4, -0.2) is 22.9 Å². The van der Waals surface area contributed by atoms with E-state index in [1.807, 2.05) is 0 Å². The van der Waals surface area contributed by atoms with Crippen molar-refractivity contribution in [3.8, 4) is 0 Å². The predicted molar refractivity (Wildman–Crippen MR) is 43.3 cm³/mol. The van der Waals surface area contributed by atoms with Crippen molar-refractivity contribution < 1.29 is 9.90 Å². The fraction of sp³-hybridized carbons (Fsp3) is 0.833. The van der Waals surface area contributed by atoms with E-state index in [2.05, 4.69) is 12.6 Å². The summed E-state index contributed by atoms with van der Waals surface area (Å²) < 4.78 is 0. The lowest BCUT2D eigenvalue weighted by Crippen LogP contribution is -2.31. The molecule has 0 saturated heterocycles. The molecule has 1 unspecified atom stereocenters. The minimum atomic E-state index is -1.00. The molecule has 1 atom stereocenters. The first-order valence-electron chi connectivity index (χ1n) is 3.27. The standard InChI is InChI=1S/C3H7NO2S.C3H6/c4-2(1-7)3(5)6;1-2-3-1/h2,7H,1,4H2,(H,5,6);1-3H2. The van der Waals surface area contributed by atoms with Crippen LogP contribution in [0.15, 0.2) is 0 Å². The highest BCUT2D eigenvalue weighted by Crippen LogP contribution is 2.14. The summed E-state index contributed by atoms with van der Waals surface area (Å²) in [5, 5.41) is 8.01. The molecule has 1 fully saturated rings. The van der Waals surface area contributed by atoms with Crippen LogP contribution >= 0.6 is 12.6 Å². The summed E-state index contributed by atoms with van der Waals surface area (Å²) in [5.41, 5.74) is 4.94. The zero-order valence-corrected chi connectivity index (χ0v) is 6.68. The summed E-state index contributed by atoms with van der Waals surface area (Å²) >= 11 is 3.65. The van der Waals surface area contributed by atoms with Crippen LogP contribution in [0.5, 0.6) is 0 Å². The molecule has 0 radical (unpaired) electrons. The van der Waals surface area contributed by atoms with Gasteiger partial charge in [-0.05, 0) is 0 Å². The number of aliphatic carboxylic acids is 1. The van der Waals surface area contributed by atoms with E-state index in [1.165, 1.54) is 19.3 Å². The van der Waals surface area contributed by atoms with E-state index in [0.29, 0.717) is 0 Å². The minimum Gasteiger partial charge on any atom is -0.480 e. The number of thiol groups is 1. The second-order valence-corrected chi connectivity index (χ2v) is 2.55. The number of carboxylic acids is 1. The molecule has 0 aromatic rings. The molecule has 4 heteroatoms. The van der Waals surface area contributed by atoms with Gasteiger partial charge in [-0.1, -0.05) is 19.3 Å². The van der Waals surface area contributed by atoms with Crippen LogP contribution in [0.4, 0.5) is 0 Å². The van der Waals surface area contributed by atoms with Crippen LogP contribution in [0.25, 0.3) is 0 Å². The van der Waals surface area contributed by atoms with Gasteiger partial charge in [-0.15, -0.1) is 0 Å². The number of carbonyl (C=O) groups is 1. The highest BCUT2D eigenvalue weighted by atomic mass is 32.1. The molecular formula is C6H13NO2S. The normalized spacial score (nSPS) is 16.6. The van der Waals surface area contributed by atoms with E-state index in [0.717, 1.165) is 0 Å². The quantitative estimate of drug-likeness (QED) is 0.519. The van der Waals surface area contributed by atoms with E-state index in [1.54, 1.807) is 0 Å². The molecule has 1 aliphatic rings. The summed E-state index contributed by atoms with van der Waals surface area (Å²) in [5.74, 6) is -0.815. The SMILES string of the molecule is C1CC1.NC(CS)C(=O)O. The number of carboxylic acid groups (broad SMARTS) is 1. The Bertz CT molecular complexity index is 103. The lowest BCUT2D eigenvalue weighted by molar-refractivity contribution is -0.137. The van der Waals surface area contributed by atoms with Crippen molar-refractivity contribution >= 4 is 18.6 Å². The number of rotatable bonds is 2. The maximum Gasteiger partial charge on any atom is 0.321 e. The Kier molecular flexibility index (Phi) is 5.43. The molecule has 0 aliphatic heterocycles. The second-order valence-electron chi connectivity index (χ2n) is 2.19. The summed E-state index contributed by atoms with van der Waals surface area (Å²) in [7, 11) is 0. The number of hydrogen-bond donors (Lipinski definition) is 3. The van der Waals surface area contributed by atoms with Crippen molar-refractivity contribution in [1.29, 1.82) is 0 Å². The molecule has 1 saturated carbocycles. The first kappa shape index (κ1) is 9.78. The van der Waals surface area contributed by atoms with Crippen LogP contribution in [0.1, 0.15) is 19.3 Å². The lowest BCUT2D eigenvalue weighted by Gasteiger charge is -1.96. The van der Waals surface area contributed by atoms with Crippen LogP contribution in [0, 0.1) is 0 Å². The van der Waals surface area contributed by atoms with Gasteiger partial charge < -0.3 is 10.8 Å². The van der Waals surface area contributed by atoms with Crippen molar-refractivity contribution in [2.45, 2.75) is 25.3 Å². The average molecular weight is 163 g/mol. The van der Waals surface area contributed by atoms with Crippen molar-refractivity contribution in [3.63, 3.8) is 0 Å².